The lowest BCUT2D eigenvalue weighted by molar-refractivity contribution is 0.0699. The van der Waals surface area contributed by atoms with Gasteiger partial charge in [-0.3, -0.25) is 0 Å². The number of aromatic nitrogens is 3. The molecule has 1 atom stereocenters. The molecule has 0 bridgehead atoms. The molecule has 1 aliphatic carbocycles. The average Bonchev–Trinajstić information content (AvgIpc) is 3.12. The normalized spacial score (nSPS) is 16.9. The minimum absolute atomic E-state index is 0.220. The van der Waals surface area contributed by atoms with Crippen LogP contribution in [-0.2, 0) is 6.54 Å². The number of rotatable bonds is 4. The van der Waals surface area contributed by atoms with Crippen molar-refractivity contribution in [1.82, 2.24) is 15.0 Å². The first kappa shape index (κ1) is 11.2. The quantitative estimate of drug-likeness (QED) is 0.896. The first-order chi connectivity index (χ1) is 8.66. The number of hydrogen-bond acceptors (Lipinski definition) is 3. The fraction of sp³-hybridized carbons (Fsp3) is 0.462. The molecule has 0 saturated heterocycles. The zero-order valence-corrected chi connectivity index (χ0v) is 10.2. The number of benzene rings is 1. The maximum Gasteiger partial charge on any atom is 0.338 e. The number of carbonyl (C=O) groups is 1. The molecule has 1 saturated carbocycles. The third-order valence-corrected chi connectivity index (χ3v) is 3.66. The first-order valence-electron chi connectivity index (χ1n) is 6.22. The summed E-state index contributed by atoms with van der Waals surface area (Å²) in [6, 6.07) is 5.18. The molecule has 0 radical (unpaired) electrons. The van der Waals surface area contributed by atoms with Gasteiger partial charge in [-0.1, -0.05) is 18.2 Å². The Kier molecular flexibility index (Phi) is 2.54. The molecule has 1 fully saturated rings. The summed E-state index contributed by atoms with van der Waals surface area (Å²) in [5.74, 6) is 0.415. The molecule has 0 spiro atoms. The molecule has 94 valence electrons. The highest BCUT2D eigenvalue weighted by molar-refractivity contribution is 6.00. The van der Waals surface area contributed by atoms with Gasteiger partial charge >= 0.3 is 5.97 Å². The van der Waals surface area contributed by atoms with E-state index < -0.39 is 5.97 Å². The van der Waals surface area contributed by atoms with E-state index in [1.165, 1.54) is 12.8 Å². The Bertz CT molecular complexity index is 601. The van der Waals surface area contributed by atoms with E-state index >= 15 is 0 Å². The summed E-state index contributed by atoms with van der Waals surface area (Å²) in [6.45, 7) is 3.02. The maximum absolute atomic E-state index is 11.1. The van der Waals surface area contributed by atoms with Gasteiger partial charge in [0.15, 0.2) is 0 Å². The topological polar surface area (TPSA) is 68.0 Å². The summed E-state index contributed by atoms with van der Waals surface area (Å²) in [4.78, 5) is 11.1. The van der Waals surface area contributed by atoms with Crippen LogP contribution in [0.5, 0.6) is 0 Å². The van der Waals surface area contributed by atoms with Gasteiger partial charge in [-0.15, -0.1) is 5.10 Å². The van der Waals surface area contributed by atoms with Gasteiger partial charge in [-0.2, -0.15) is 0 Å². The minimum Gasteiger partial charge on any atom is -0.478 e. The molecule has 1 aromatic heterocycles. The molecule has 1 heterocycles. The van der Waals surface area contributed by atoms with Crippen LogP contribution in [-0.4, -0.2) is 26.1 Å². The number of hydrogen-bond donors (Lipinski definition) is 1. The van der Waals surface area contributed by atoms with Gasteiger partial charge in [0, 0.05) is 6.54 Å². The minimum atomic E-state index is -0.956. The number of carboxylic acids is 1. The van der Waals surface area contributed by atoms with E-state index in [9.17, 15) is 4.79 Å². The van der Waals surface area contributed by atoms with Crippen molar-refractivity contribution >= 4 is 17.0 Å². The van der Waals surface area contributed by atoms with Crippen LogP contribution in [0.25, 0.3) is 11.0 Å². The lowest BCUT2D eigenvalue weighted by Gasteiger charge is -2.09. The SMILES string of the molecule is CC(Cn1nnc2c(C(=O)O)cccc21)C1CC1. The van der Waals surface area contributed by atoms with Crippen molar-refractivity contribution in [3.05, 3.63) is 23.8 Å². The summed E-state index contributed by atoms with van der Waals surface area (Å²) in [5.41, 5.74) is 1.51. The number of carboxylic acid groups (broad SMARTS) is 1. The Morgan fingerprint density at radius 3 is 3.00 bits per heavy atom. The molecule has 0 amide bonds. The second-order valence-electron chi connectivity index (χ2n) is 5.06. The summed E-state index contributed by atoms with van der Waals surface area (Å²) in [5, 5.41) is 17.2. The molecular weight excluding hydrogens is 230 g/mol. The predicted octanol–water partition coefficient (Wildman–Crippen LogP) is 2.18. The van der Waals surface area contributed by atoms with Crippen LogP contribution < -0.4 is 0 Å². The molecule has 3 rings (SSSR count). The summed E-state index contributed by atoms with van der Waals surface area (Å²) in [6.07, 6.45) is 2.60. The van der Waals surface area contributed by atoms with Gasteiger partial charge in [0.25, 0.3) is 0 Å². The second-order valence-corrected chi connectivity index (χ2v) is 5.06. The van der Waals surface area contributed by atoms with Crippen molar-refractivity contribution in [2.45, 2.75) is 26.3 Å². The highest BCUT2D eigenvalue weighted by Crippen LogP contribution is 2.37. The standard InChI is InChI=1S/C13H15N3O2/c1-8(9-5-6-9)7-16-11-4-2-3-10(13(17)18)12(11)14-15-16/h2-4,8-9H,5-7H2,1H3,(H,17,18). The van der Waals surface area contributed by atoms with Crippen molar-refractivity contribution in [1.29, 1.82) is 0 Å². The van der Waals surface area contributed by atoms with E-state index in [1.54, 1.807) is 12.1 Å². The molecule has 2 aromatic rings. The number of aromatic carboxylic acids is 1. The van der Waals surface area contributed by atoms with Crippen molar-refractivity contribution < 1.29 is 9.90 Å². The monoisotopic (exact) mass is 245 g/mol. The van der Waals surface area contributed by atoms with Crippen LogP contribution in [0.2, 0.25) is 0 Å². The third kappa shape index (κ3) is 1.85. The maximum atomic E-state index is 11.1. The van der Waals surface area contributed by atoms with E-state index in [4.69, 9.17) is 5.11 Å². The zero-order valence-electron chi connectivity index (χ0n) is 10.2. The molecule has 1 unspecified atom stereocenters. The Morgan fingerprint density at radius 2 is 2.33 bits per heavy atom. The van der Waals surface area contributed by atoms with Crippen molar-refractivity contribution in [3.8, 4) is 0 Å². The van der Waals surface area contributed by atoms with E-state index in [2.05, 4.69) is 17.2 Å². The van der Waals surface area contributed by atoms with E-state index in [1.807, 2.05) is 10.7 Å². The summed E-state index contributed by atoms with van der Waals surface area (Å²) < 4.78 is 1.82. The van der Waals surface area contributed by atoms with Crippen molar-refractivity contribution in [3.63, 3.8) is 0 Å². The van der Waals surface area contributed by atoms with Gasteiger partial charge in [-0.25, -0.2) is 9.48 Å². The fourth-order valence-electron chi connectivity index (χ4n) is 2.39. The van der Waals surface area contributed by atoms with E-state index in [0.717, 1.165) is 18.0 Å². The Labute approximate surface area is 104 Å². The number of nitrogens with zero attached hydrogens (tertiary/aromatic N) is 3. The Morgan fingerprint density at radius 1 is 1.56 bits per heavy atom. The predicted molar refractivity (Wildman–Crippen MR) is 66.4 cm³/mol. The molecule has 1 N–H and O–H groups in total. The molecule has 1 aromatic carbocycles. The number of fused-ring (bicyclic) bond motifs is 1. The van der Waals surface area contributed by atoms with E-state index in [0.29, 0.717) is 11.4 Å². The van der Waals surface area contributed by atoms with Gasteiger partial charge in [0.1, 0.15) is 5.52 Å². The molecular formula is C13H15N3O2. The van der Waals surface area contributed by atoms with Crippen LogP contribution >= 0.6 is 0 Å². The lowest BCUT2D eigenvalue weighted by Crippen LogP contribution is -2.10. The van der Waals surface area contributed by atoms with Gasteiger partial charge in [0.2, 0.25) is 0 Å². The van der Waals surface area contributed by atoms with Crippen molar-refractivity contribution in [2.24, 2.45) is 11.8 Å². The Balaban J connectivity index is 1.98. The Hall–Kier alpha value is -1.91. The zero-order chi connectivity index (χ0) is 12.7. The van der Waals surface area contributed by atoms with Gasteiger partial charge in [0.05, 0.1) is 11.1 Å². The van der Waals surface area contributed by atoms with Crippen LogP contribution in [0, 0.1) is 11.8 Å². The molecule has 5 heteroatoms. The first-order valence-corrected chi connectivity index (χ1v) is 6.22. The summed E-state index contributed by atoms with van der Waals surface area (Å²) >= 11 is 0. The molecule has 0 aliphatic heterocycles. The molecule has 5 nitrogen and oxygen atoms in total. The fourth-order valence-corrected chi connectivity index (χ4v) is 2.39. The highest BCUT2D eigenvalue weighted by Gasteiger charge is 2.28. The van der Waals surface area contributed by atoms with Crippen LogP contribution in [0.15, 0.2) is 18.2 Å². The van der Waals surface area contributed by atoms with Crippen LogP contribution in [0.1, 0.15) is 30.1 Å². The lowest BCUT2D eigenvalue weighted by atomic mass is 10.1. The molecule has 1 aliphatic rings. The largest absolute Gasteiger partial charge is 0.478 e. The van der Waals surface area contributed by atoms with Gasteiger partial charge < -0.3 is 5.11 Å². The second kappa shape index (κ2) is 4.08. The third-order valence-electron chi connectivity index (χ3n) is 3.66. The molecule has 18 heavy (non-hydrogen) atoms. The smallest absolute Gasteiger partial charge is 0.338 e. The van der Waals surface area contributed by atoms with Crippen LogP contribution in [0.4, 0.5) is 0 Å². The summed E-state index contributed by atoms with van der Waals surface area (Å²) in [7, 11) is 0. The average molecular weight is 245 g/mol. The van der Waals surface area contributed by atoms with E-state index in [-0.39, 0.29) is 5.56 Å². The van der Waals surface area contributed by atoms with Crippen molar-refractivity contribution in [2.75, 3.05) is 0 Å². The van der Waals surface area contributed by atoms with Crippen LogP contribution in [0.3, 0.4) is 0 Å². The highest BCUT2D eigenvalue weighted by atomic mass is 16.4. The van der Waals surface area contributed by atoms with Gasteiger partial charge in [-0.05, 0) is 36.8 Å².